The Bertz CT molecular complexity index is 884. The Morgan fingerprint density at radius 1 is 1.10 bits per heavy atom. The summed E-state index contributed by atoms with van der Waals surface area (Å²) < 4.78 is 5.34. The third kappa shape index (κ3) is 5.08. The van der Waals surface area contributed by atoms with Crippen molar-refractivity contribution in [1.82, 2.24) is 10.9 Å². The molecule has 2 aromatic rings. The van der Waals surface area contributed by atoms with Crippen LogP contribution < -0.4 is 20.5 Å². The first-order valence-electron chi connectivity index (χ1n) is 9.29. The average molecular weight is 413 g/mol. The fourth-order valence-corrected chi connectivity index (χ4v) is 3.46. The van der Waals surface area contributed by atoms with Crippen molar-refractivity contribution in [3.63, 3.8) is 0 Å². The normalized spacial score (nSPS) is 15.9. The largest absolute Gasteiger partial charge is 0.494 e. The predicted octanol–water partition coefficient (Wildman–Crippen LogP) is 2.62. The number of hydrogen-bond acceptors (Lipinski definition) is 5. The summed E-state index contributed by atoms with van der Waals surface area (Å²) in [5, 5.41) is 0. The van der Waals surface area contributed by atoms with Crippen LogP contribution in [0, 0.1) is 5.92 Å². The molecule has 0 aliphatic carbocycles. The quantitative estimate of drug-likeness (QED) is 0.562. The number of thioether (sulfide) groups is 1. The number of nitrogens with zero attached hydrogens (tertiary/aromatic N) is 1. The van der Waals surface area contributed by atoms with E-state index >= 15 is 0 Å². The molecule has 1 saturated heterocycles. The number of amides is 3. The zero-order valence-electron chi connectivity index (χ0n) is 16.3. The molecule has 1 atom stereocenters. The highest BCUT2D eigenvalue weighted by molar-refractivity contribution is 7.98. The van der Waals surface area contributed by atoms with Gasteiger partial charge in [-0.2, -0.15) is 0 Å². The number of nitrogens with one attached hydrogen (secondary N) is 2. The van der Waals surface area contributed by atoms with Crippen LogP contribution in [0.15, 0.2) is 53.4 Å². The molecule has 29 heavy (non-hydrogen) atoms. The number of hydrazine groups is 1. The van der Waals surface area contributed by atoms with Gasteiger partial charge >= 0.3 is 0 Å². The lowest BCUT2D eigenvalue weighted by Gasteiger charge is -2.17. The summed E-state index contributed by atoms with van der Waals surface area (Å²) in [7, 11) is 0. The van der Waals surface area contributed by atoms with Gasteiger partial charge < -0.3 is 9.64 Å². The third-order valence-corrected chi connectivity index (χ3v) is 5.35. The minimum Gasteiger partial charge on any atom is -0.494 e. The molecule has 2 aromatic carbocycles. The average Bonchev–Trinajstić information content (AvgIpc) is 3.14. The number of hydrogen-bond donors (Lipinski definition) is 2. The van der Waals surface area contributed by atoms with Gasteiger partial charge in [0.15, 0.2) is 0 Å². The van der Waals surface area contributed by atoms with Gasteiger partial charge in [0, 0.05) is 29.1 Å². The van der Waals surface area contributed by atoms with E-state index in [9.17, 15) is 14.4 Å². The Kier molecular flexibility index (Phi) is 6.77. The Hall–Kier alpha value is -3.00. The second kappa shape index (κ2) is 9.47. The van der Waals surface area contributed by atoms with Crippen molar-refractivity contribution in [2.24, 2.45) is 5.92 Å². The van der Waals surface area contributed by atoms with Crippen LogP contribution in [-0.4, -0.2) is 37.1 Å². The molecule has 2 N–H and O–H groups in total. The molecular formula is C21H23N3O4S. The minimum absolute atomic E-state index is 0.106. The minimum atomic E-state index is -0.525. The van der Waals surface area contributed by atoms with Crippen molar-refractivity contribution >= 4 is 35.2 Å². The van der Waals surface area contributed by atoms with Crippen LogP contribution in [0.5, 0.6) is 5.75 Å². The van der Waals surface area contributed by atoms with E-state index in [2.05, 4.69) is 10.9 Å². The summed E-state index contributed by atoms with van der Waals surface area (Å²) in [6.07, 6.45) is 2.09. The van der Waals surface area contributed by atoms with Crippen molar-refractivity contribution in [2.75, 3.05) is 24.3 Å². The lowest BCUT2D eigenvalue weighted by atomic mass is 10.1. The van der Waals surface area contributed by atoms with E-state index in [-0.39, 0.29) is 24.8 Å². The SMILES string of the molecule is CCOc1ccc(C(=O)NNC(=O)C2CC(=O)N(c3ccc(SC)cc3)C2)cc1. The van der Waals surface area contributed by atoms with Crippen molar-refractivity contribution in [3.8, 4) is 5.75 Å². The monoisotopic (exact) mass is 413 g/mol. The standard InChI is InChI=1S/C21H23N3O4S/c1-3-28-17-8-4-14(5-9-17)20(26)22-23-21(27)15-12-19(25)24(13-15)16-6-10-18(29-2)11-7-16/h4-11,15H,3,12-13H2,1-2H3,(H,22,26)(H,23,27). The van der Waals surface area contributed by atoms with Gasteiger partial charge in [-0.05, 0) is 61.7 Å². The van der Waals surface area contributed by atoms with Gasteiger partial charge in [0.1, 0.15) is 5.75 Å². The molecule has 0 saturated carbocycles. The lowest BCUT2D eigenvalue weighted by molar-refractivity contribution is -0.126. The fourth-order valence-electron chi connectivity index (χ4n) is 3.06. The molecule has 3 amide bonds. The Balaban J connectivity index is 1.54. The second-order valence-corrected chi connectivity index (χ2v) is 7.38. The molecular weight excluding hydrogens is 390 g/mol. The maximum Gasteiger partial charge on any atom is 0.269 e. The summed E-state index contributed by atoms with van der Waals surface area (Å²) in [5.74, 6) is -0.789. The summed E-state index contributed by atoms with van der Waals surface area (Å²) in [6.45, 7) is 2.70. The number of carbonyl (C=O) groups is 3. The van der Waals surface area contributed by atoms with Gasteiger partial charge in [0.05, 0.1) is 12.5 Å². The molecule has 152 valence electrons. The zero-order valence-corrected chi connectivity index (χ0v) is 17.1. The van der Waals surface area contributed by atoms with E-state index in [1.54, 1.807) is 40.9 Å². The lowest BCUT2D eigenvalue weighted by Crippen LogP contribution is -2.45. The molecule has 0 aromatic heterocycles. The Morgan fingerprint density at radius 2 is 1.79 bits per heavy atom. The van der Waals surface area contributed by atoms with Crippen LogP contribution in [0.4, 0.5) is 5.69 Å². The van der Waals surface area contributed by atoms with E-state index in [4.69, 9.17) is 4.74 Å². The molecule has 1 aliphatic rings. The van der Waals surface area contributed by atoms with Crippen molar-refractivity contribution in [2.45, 2.75) is 18.2 Å². The molecule has 0 bridgehead atoms. The van der Waals surface area contributed by atoms with Crippen LogP contribution >= 0.6 is 11.8 Å². The Morgan fingerprint density at radius 3 is 2.41 bits per heavy atom. The van der Waals surface area contributed by atoms with Gasteiger partial charge in [0.2, 0.25) is 11.8 Å². The number of benzene rings is 2. The van der Waals surface area contributed by atoms with Crippen LogP contribution in [0.2, 0.25) is 0 Å². The van der Waals surface area contributed by atoms with Crippen LogP contribution in [0.3, 0.4) is 0 Å². The summed E-state index contributed by atoms with van der Waals surface area (Å²) in [6, 6.07) is 14.2. The van der Waals surface area contributed by atoms with E-state index in [1.165, 1.54) is 0 Å². The van der Waals surface area contributed by atoms with Crippen molar-refractivity contribution in [1.29, 1.82) is 0 Å². The smallest absolute Gasteiger partial charge is 0.269 e. The van der Waals surface area contributed by atoms with Gasteiger partial charge in [-0.25, -0.2) is 0 Å². The third-order valence-electron chi connectivity index (χ3n) is 4.61. The van der Waals surface area contributed by atoms with E-state index in [1.807, 2.05) is 37.4 Å². The van der Waals surface area contributed by atoms with Gasteiger partial charge in [-0.15, -0.1) is 11.8 Å². The highest BCUT2D eigenvalue weighted by Gasteiger charge is 2.35. The van der Waals surface area contributed by atoms with Crippen LogP contribution in [0.25, 0.3) is 0 Å². The summed E-state index contributed by atoms with van der Waals surface area (Å²) in [4.78, 5) is 39.6. The molecule has 1 fully saturated rings. The molecule has 3 rings (SSSR count). The van der Waals surface area contributed by atoms with E-state index < -0.39 is 11.8 Å². The Labute approximate surface area is 173 Å². The van der Waals surface area contributed by atoms with Gasteiger partial charge in [-0.3, -0.25) is 25.2 Å². The molecule has 1 heterocycles. The second-order valence-electron chi connectivity index (χ2n) is 6.50. The van der Waals surface area contributed by atoms with Crippen LogP contribution in [-0.2, 0) is 9.59 Å². The van der Waals surface area contributed by atoms with E-state index in [0.717, 1.165) is 10.6 Å². The number of anilines is 1. The molecule has 7 nitrogen and oxygen atoms in total. The molecule has 0 spiro atoms. The van der Waals surface area contributed by atoms with Gasteiger partial charge in [-0.1, -0.05) is 0 Å². The molecule has 0 radical (unpaired) electrons. The first kappa shape index (κ1) is 20.7. The summed E-state index contributed by atoms with van der Waals surface area (Å²) >= 11 is 1.62. The van der Waals surface area contributed by atoms with Gasteiger partial charge in [0.25, 0.3) is 5.91 Å². The molecule has 8 heteroatoms. The number of ether oxygens (including phenoxy) is 1. The fraction of sp³-hybridized carbons (Fsp3) is 0.286. The maximum atomic E-state index is 12.4. The van der Waals surface area contributed by atoms with Crippen molar-refractivity contribution < 1.29 is 19.1 Å². The van der Waals surface area contributed by atoms with E-state index in [0.29, 0.717) is 17.9 Å². The molecule has 1 unspecified atom stereocenters. The number of rotatable bonds is 6. The van der Waals surface area contributed by atoms with Crippen LogP contribution in [0.1, 0.15) is 23.7 Å². The topological polar surface area (TPSA) is 87.7 Å². The predicted molar refractivity (Wildman–Crippen MR) is 112 cm³/mol. The summed E-state index contributed by atoms with van der Waals surface area (Å²) in [5.41, 5.74) is 5.98. The first-order valence-corrected chi connectivity index (χ1v) is 10.5. The highest BCUT2D eigenvalue weighted by Crippen LogP contribution is 2.27. The number of carbonyl (C=O) groups excluding carboxylic acids is 3. The first-order chi connectivity index (χ1) is 14.0. The highest BCUT2D eigenvalue weighted by atomic mass is 32.2. The molecule has 1 aliphatic heterocycles. The zero-order chi connectivity index (χ0) is 20.8. The van der Waals surface area contributed by atoms with Crippen molar-refractivity contribution in [3.05, 3.63) is 54.1 Å². The maximum absolute atomic E-state index is 12.4.